The summed E-state index contributed by atoms with van der Waals surface area (Å²) in [6.45, 7) is 13.8. The van der Waals surface area contributed by atoms with Crippen LogP contribution in [0.3, 0.4) is 0 Å². The van der Waals surface area contributed by atoms with Crippen molar-refractivity contribution >= 4 is 70.3 Å². The topological polar surface area (TPSA) is 542 Å². The second-order valence-electron chi connectivity index (χ2n) is 43.0. The van der Waals surface area contributed by atoms with Crippen molar-refractivity contribution in [3.8, 4) is 11.8 Å². The van der Waals surface area contributed by atoms with Crippen molar-refractivity contribution in [2.45, 2.75) is 325 Å². The van der Waals surface area contributed by atoms with E-state index in [0.717, 1.165) is 72.8 Å². The Morgan fingerprint density at radius 1 is 0.565 bits per heavy atom. The van der Waals surface area contributed by atoms with Crippen LogP contribution < -0.4 is 48.3 Å². The van der Waals surface area contributed by atoms with Crippen molar-refractivity contribution in [3.63, 3.8) is 0 Å². The molecule has 18 N–H and O–H groups in total. The van der Waals surface area contributed by atoms with Gasteiger partial charge in [-0.1, -0.05) is 158 Å². The van der Waals surface area contributed by atoms with Crippen molar-refractivity contribution < 1.29 is 127 Å². The first-order valence-corrected chi connectivity index (χ1v) is 53.2. The number of aliphatic hydroxyl groups is 8. The number of hydrogen-bond acceptors (Lipinski definition) is 28. The molecule has 21 atom stereocenters. The smallest absolute Gasteiger partial charge is 0.312 e. The number of imide groups is 1. The number of Topliss-reactive ketones (excluding diaryl/α,β-unsaturated/α-hetero) is 4. The molecule has 0 bridgehead atoms. The predicted molar refractivity (Wildman–Crippen MR) is 546 cm³/mol. The molecule has 1 saturated heterocycles. The molecule has 6 aliphatic carbocycles. The van der Waals surface area contributed by atoms with E-state index < -0.39 is 181 Å². The fraction of sp³-hybridized carbons (Fsp3) is 0.652. The number of urea groups is 1. The van der Waals surface area contributed by atoms with Crippen LogP contribution in [0.25, 0.3) is 0 Å². The minimum absolute atomic E-state index is 0.00538. The molecule has 808 valence electrons. The number of nitrogens with two attached hydrogens (primary N) is 2. The van der Waals surface area contributed by atoms with Crippen LogP contribution in [-0.2, 0) is 118 Å². The van der Waals surface area contributed by atoms with Gasteiger partial charge >= 0.3 is 6.03 Å². The van der Waals surface area contributed by atoms with Crippen molar-refractivity contribution in [3.05, 3.63) is 146 Å². The molecule has 0 aromatic heterocycles. The second-order valence-corrected chi connectivity index (χ2v) is 43.0. The zero-order valence-electron chi connectivity index (χ0n) is 86.6. The Morgan fingerprint density at radius 2 is 1.18 bits per heavy atom. The average Bonchev–Trinajstić information content (AvgIpc) is 0.717. The molecule has 35 heteroatoms. The first-order chi connectivity index (χ1) is 70.4. The number of ketones is 4. The molecule has 8 aliphatic rings. The standard InChI is InChI=1S/C112H159N9O26/c1-68(2)96(87(128)61-76(25-17-48-116-108(114)140)103(136)117-84(65-123)86(127)59-70-31-33-73-37-40-92-110(5,82(73)58-70)44-20-46-112(92,7)107(139)120-106(138)111(6)45-19-43-109(4)81-57-69(3)30-32-72(81)36-39-91(109)111)119-104(137)75(60-80(126)42-50-142-52-54-144-56-55-143-53-51-141-49-18-26-79(125)38-41-94(130)121-63-77-24-12-11-21-71(77)34-35-74-22-13-14-28-85(74)121)23-15-16-47-115-93(129)67-145-88-29-10-8-9-27-83(95(88)113)118-105-101(135)100(134)102(90(66-124)147-105)146-89-62-78(64-122)97(131)99(133)98(89)132/h11-14,21-22,24,28,30-33,57-58,68,75-76,78,84,88-92,96-102,105,118,122-124,131-135H,8-10,15-20,23,25-27,29,36-56,59-67,113H2,1-7H3,(H,115,129)(H,117,136)(H,119,137)(H3,114,116,140)(H,120,138,139)/t75-,76+,78+,84-,88?,89-,90+,91+,92+,96-,97+,98-,99-,100+,101+,102+,105-,109+,110+,111-,112-/m0/s1. The summed E-state index contributed by atoms with van der Waals surface area (Å²) < 4.78 is 41.0. The monoisotopic (exact) mass is 2050 g/mol. The highest BCUT2D eigenvalue weighted by atomic mass is 16.6. The van der Waals surface area contributed by atoms with E-state index in [9.17, 15) is 88.8 Å². The van der Waals surface area contributed by atoms with Crippen LogP contribution >= 0.6 is 0 Å². The summed E-state index contributed by atoms with van der Waals surface area (Å²) in [6.07, 6.45) is -3.10. The summed E-state index contributed by atoms with van der Waals surface area (Å²) in [5.74, 6) is -1.21. The number of nitrogens with zero attached hydrogens (tertiary/aromatic N) is 1. The molecule has 12 rings (SSSR count). The molecule has 2 aliphatic heterocycles. The van der Waals surface area contributed by atoms with E-state index in [4.69, 9.17) is 44.6 Å². The number of carbonyl (C=O) groups excluding carboxylic acids is 11. The summed E-state index contributed by atoms with van der Waals surface area (Å²) in [5, 5.41) is 103. The summed E-state index contributed by atoms with van der Waals surface area (Å²) >= 11 is 0. The lowest BCUT2D eigenvalue weighted by atomic mass is 9.49. The molecule has 0 spiro atoms. The number of hydrogen-bond donors (Lipinski definition) is 16. The molecule has 3 saturated carbocycles. The third kappa shape index (κ3) is 29.9. The zero-order valence-corrected chi connectivity index (χ0v) is 86.6. The number of nitrogens with one attached hydrogen (secondary N) is 6. The number of aryl methyl sites for hydroxylation is 3. The van der Waals surface area contributed by atoms with Gasteiger partial charge in [-0.25, -0.2) is 4.79 Å². The lowest BCUT2D eigenvalue weighted by Gasteiger charge is -2.56. The maximum absolute atomic E-state index is 15.1. The maximum atomic E-state index is 15.1. The van der Waals surface area contributed by atoms with Gasteiger partial charge in [-0.05, 0) is 196 Å². The van der Waals surface area contributed by atoms with Crippen LogP contribution in [0.5, 0.6) is 0 Å². The van der Waals surface area contributed by atoms with Gasteiger partial charge in [0.25, 0.3) is 0 Å². The van der Waals surface area contributed by atoms with Gasteiger partial charge in [0, 0.05) is 106 Å². The number of rotatable bonds is 53. The van der Waals surface area contributed by atoms with E-state index in [0.29, 0.717) is 101 Å². The first-order valence-electron chi connectivity index (χ1n) is 53.2. The second kappa shape index (κ2) is 54.7. The number of unbranched alkanes of at least 4 members (excludes halogenated alkanes) is 1. The number of amides is 8. The Balaban J connectivity index is 0.625. The Hall–Kier alpha value is -9.85. The van der Waals surface area contributed by atoms with Gasteiger partial charge in [-0.15, -0.1) is 0 Å². The first kappa shape index (κ1) is 116. The van der Waals surface area contributed by atoms with E-state index >= 15 is 4.79 Å². The van der Waals surface area contributed by atoms with Crippen LogP contribution in [0.1, 0.15) is 259 Å². The third-order valence-corrected chi connectivity index (χ3v) is 32.3. The van der Waals surface area contributed by atoms with E-state index in [1.54, 1.807) is 18.7 Å². The van der Waals surface area contributed by atoms with Gasteiger partial charge in [-0.2, -0.15) is 0 Å². The highest BCUT2D eigenvalue weighted by molar-refractivity contribution is 6.01. The molecule has 2 heterocycles. The Bertz CT molecular complexity index is 5270. The number of fused-ring (bicyclic) bond motifs is 8. The Kier molecular flexibility index (Phi) is 43.1. The van der Waals surface area contributed by atoms with Crippen molar-refractivity contribution in [2.75, 3.05) is 97.3 Å². The quantitative estimate of drug-likeness (QED) is 0.0121. The normalized spacial score (nSPS) is 27.0. The average molecular weight is 2050 g/mol. The fourth-order valence-electron chi connectivity index (χ4n) is 23.8. The summed E-state index contributed by atoms with van der Waals surface area (Å²) in [7, 11) is 0. The Labute approximate surface area is 863 Å². The van der Waals surface area contributed by atoms with Crippen molar-refractivity contribution in [2.24, 2.45) is 57.8 Å². The Morgan fingerprint density at radius 3 is 1.84 bits per heavy atom. The van der Waals surface area contributed by atoms with Crippen LogP contribution in [0.4, 0.5) is 10.5 Å². The molecule has 0 radical (unpaired) electrons. The number of benzene rings is 4. The van der Waals surface area contributed by atoms with Gasteiger partial charge < -0.3 is 117 Å². The number of ether oxygens (including phenoxy) is 7. The van der Waals surface area contributed by atoms with E-state index in [1.165, 1.54) is 16.7 Å². The number of carbonyl (C=O) groups is 11. The summed E-state index contributed by atoms with van der Waals surface area (Å²) in [6, 6.07) is 24.3. The largest absolute Gasteiger partial charge is 0.399 e. The molecule has 4 aromatic rings. The fourth-order valence-corrected chi connectivity index (χ4v) is 23.8. The number of aliphatic hydroxyl groups excluding tert-OH is 8. The molecule has 4 aromatic carbocycles. The number of allylic oxidation sites excluding steroid dienone is 1. The van der Waals surface area contributed by atoms with E-state index in [2.05, 4.69) is 89.6 Å². The molecule has 1 unspecified atom stereocenters. The lowest BCUT2D eigenvalue weighted by Crippen LogP contribution is -2.65. The maximum Gasteiger partial charge on any atom is 0.312 e. The zero-order chi connectivity index (χ0) is 106. The highest BCUT2D eigenvalue weighted by Gasteiger charge is 2.60. The minimum atomic E-state index is -1.72. The molecule has 147 heavy (non-hydrogen) atoms. The molecular formula is C112H159N9O26. The summed E-state index contributed by atoms with van der Waals surface area (Å²) in [5.41, 5.74) is 20.2. The van der Waals surface area contributed by atoms with Crippen LogP contribution in [0.2, 0.25) is 0 Å². The van der Waals surface area contributed by atoms with Crippen LogP contribution in [0, 0.1) is 65.1 Å². The van der Waals surface area contributed by atoms with Gasteiger partial charge in [0.1, 0.15) is 60.8 Å². The molecule has 4 fully saturated rings. The van der Waals surface area contributed by atoms with Crippen molar-refractivity contribution in [1.29, 1.82) is 0 Å². The van der Waals surface area contributed by atoms with Crippen molar-refractivity contribution in [1.82, 2.24) is 31.9 Å². The minimum Gasteiger partial charge on any atom is -0.399 e. The molecule has 8 amide bonds. The SMILES string of the molecule is Cc1ccc2c(c1)[C@@]1(C)CCC[C@](C)(C(=O)NC(=O)[C@@]3(C)CCC[C@]4(C)c5cc(CC(=O)[C@H](CO)NC(=O)[C@H](CCCNC(N)=O)CC(=O)[C@@H](NC(=O)[C@@H](CCCCNC(=O)COC6CCCCCC(N[C@H]7O[C@H](CO)[C@@H](O[C@H]8C[C@H](CO)[C@@H](O)[C@H](O)[C@H]8O)[C@H](O)[C@H]7O)=C6N)CC(=O)CCOCCOCCOCCOCCCC(=O)CCC(=O)N6Cc7ccccc7C#Cc7ccccc76)C(C)C)ccc5CC[C@@H]34)[C@@H]1CC2. The van der Waals surface area contributed by atoms with Crippen LogP contribution in [0.15, 0.2) is 96.3 Å². The predicted octanol–water partition coefficient (Wildman–Crippen LogP) is 6.90. The number of anilines is 1. The van der Waals surface area contributed by atoms with Gasteiger partial charge in [0.15, 0.2) is 17.8 Å². The van der Waals surface area contributed by atoms with Crippen LogP contribution in [-0.4, -0.2) is 271 Å². The number of para-hydroxylation sites is 1. The highest BCUT2D eigenvalue weighted by Crippen LogP contribution is 2.60. The lowest BCUT2D eigenvalue weighted by molar-refractivity contribution is -0.276. The van der Waals surface area contributed by atoms with E-state index in [1.807, 2.05) is 73.7 Å². The summed E-state index contributed by atoms with van der Waals surface area (Å²) in [4.78, 5) is 157. The number of primary amides is 1. The molecule has 35 nitrogen and oxygen atoms in total. The van der Waals surface area contributed by atoms with Gasteiger partial charge in [0.05, 0.1) is 113 Å². The third-order valence-electron chi connectivity index (χ3n) is 32.3. The van der Waals surface area contributed by atoms with Gasteiger partial charge in [-0.3, -0.25) is 53.3 Å². The van der Waals surface area contributed by atoms with E-state index in [-0.39, 0.29) is 176 Å². The van der Waals surface area contributed by atoms with Gasteiger partial charge in [0.2, 0.25) is 35.4 Å². The molecular weight excluding hydrogens is 1890 g/mol.